The molecule has 0 radical (unpaired) electrons. The number of sulfone groups is 1. The highest BCUT2D eigenvalue weighted by atomic mass is 32.2. The molecule has 25 heavy (non-hydrogen) atoms. The maximum atomic E-state index is 13.3. The van der Waals surface area contributed by atoms with E-state index in [4.69, 9.17) is 4.74 Å². The second-order valence-electron chi connectivity index (χ2n) is 5.72. The number of ether oxygens (including phenoxy) is 1. The molecule has 0 saturated heterocycles. The Morgan fingerprint density at radius 1 is 1.24 bits per heavy atom. The Labute approximate surface area is 151 Å². The summed E-state index contributed by atoms with van der Waals surface area (Å²) >= 11 is 1.29. The van der Waals surface area contributed by atoms with E-state index >= 15 is 0 Å². The number of thioether (sulfide) groups is 1. The number of hydrogen-bond acceptors (Lipinski definition) is 6. The Morgan fingerprint density at radius 2 is 2.00 bits per heavy atom. The average Bonchev–Trinajstić information content (AvgIpc) is 2.94. The van der Waals surface area contributed by atoms with E-state index in [1.54, 1.807) is 36.1 Å². The lowest BCUT2D eigenvalue weighted by molar-refractivity contribution is 0.179. The van der Waals surface area contributed by atoms with E-state index < -0.39 is 9.84 Å². The van der Waals surface area contributed by atoms with Crippen molar-refractivity contribution in [1.82, 2.24) is 14.6 Å². The van der Waals surface area contributed by atoms with Gasteiger partial charge >= 0.3 is 0 Å². The number of nitrogens with zero attached hydrogens (tertiary/aromatic N) is 3. The summed E-state index contributed by atoms with van der Waals surface area (Å²) in [4.78, 5) is 4.84. The Hall–Kier alpha value is -1.90. The predicted octanol–water partition coefficient (Wildman–Crippen LogP) is 3.05. The van der Waals surface area contributed by atoms with Crippen molar-refractivity contribution >= 4 is 27.2 Å². The standard InChI is InChI=1S/C17H19N3O3S2/c1-11-6-5-7-14(8-11)25(21,22)15-16-18-12(2)9-13(10-23-3)20(16)19-17(15)24-4/h5-9H,10H2,1-4H3. The third-order valence-corrected chi connectivity index (χ3v) is 6.36. The maximum absolute atomic E-state index is 13.3. The minimum absolute atomic E-state index is 0.145. The Kier molecular flexibility index (Phi) is 4.86. The minimum Gasteiger partial charge on any atom is -0.378 e. The van der Waals surface area contributed by atoms with Crippen molar-refractivity contribution in [1.29, 1.82) is 0 Å². The summed E-state index contributed by atoms with van der Waals surface area (Å²) in [7, 11) is -2.16. The Morgan fingerprint density at radius 3 is 2.64 bits per heavy atom. The molecule has 3 rings (SSSR count). The maximum Gasteiger partial charge on any atom is 0.213 e. The lowest BCUT2D eigenvalue weighted by atomic mass is 10.2. The van der Waals surface area contributed by atoms with Gasteiger partial charge in [0.1, 0.15) is 5.03 Å². The average molecular weight is 377 g/mol. The van der Waals surface area contributed by atoms with Crippen molar-refractivity contribution in [3.63, 3.8) is 0 Å². The number of rotatable bonds is 5. The molecule has 0 spiro atoms. The van der Waals surface area contributed by atoms with Gasteiger partial charge in [0.15, 0.2) is 10.5 Å². The molecular weight excluding hydrogens is 358 g/mol. The van der Waals surface area contributed by atoms with Crippen LogP contribution in [0.5, 0.6) is 0 Å². The number of fused-ring (bicyclic) bond motifs is 1. The van der Waals surface area contributed by atoms with Crippen molar-refractivity contribution in [3.05, 3.63) is 47.3 Å². The second-order valence-corrected chi connectivity index (χ2v) is 8.40. The van der Waals surface area contributed by atoms with Gasteiger partial charge in [0.2, 0.25) is 9.84 Å². The van der Waals surface area contributed by atoms with Crippen LogP contribution in [0.25, 0.3) is 5.65 Å². The molecule has 2 heterocycles. The van der Waals surface area contributed by atoms with Crippen LogP contribution in [0.4, 0.5) is 0 Å². The highest BCUT2D eigenvalue weighted by molar-refractivity contribution is 7.99. The molecule has 0 aliphatic carbocycles. The summed E-state index contributed by atoms with van der Waals surface area (Å²) in [5, 5.41) is 4.89. The van der Waals surface area contributed by atoms with E-state index in [1.807, 2.05) is 26.0 Å². The van der Waals surface area contributed by atoms with Crippen molar-refractivity contribution in [2.75, 3.05) is 13.4 Å². The number of benzene rings is 1. The Balaban J connectivity index is 2.35. The second kappa shape index (κ2) is 6.78. The van der Waals surface area contributed by atoms with Crippen LogP contribution in [-0.2, 0) is 21.2 Å². The van der Waals surface area contributed by atoms with Crippen molar-refractivity contribution in [2.24, 2.45) is 0 Å². The molecule has 8 heteroatoms. The summed E-state index contributed by atoms with van der Waals surface area (Å²) in [6, 6.07) is 8.71. The van der Waals surface area contributed by atoms with E-state index in [9.17, 15) is 8.42 Å². The van der Waals surface area contributed by atoms with Crippen LogP contribution in [0, 0.1) is 13.8 Å². The highest BCUT2D eigenvalue weighted by Gasteiger charge is 2.29. The first-order chi connectivity index (χ1) is 11.9. The molecular formula is C17H19N3O3S2. The number of aromatic nitrogens is 3. The molecule has 0 fully saturated rings. The van der Waals surface area contributed by atoms with Crippen LogP contribution in [0.15, 0.2) is 45.1 Å². The van der Waals surface area contributed by atoms with Gasteiger partial charge in [-0.15, -0.1) is 11.8 Å². The predicted molar refractivity (Wildman–Crippen MR) is 96.8 cm³/mol. The molecule has 3 aromatic rings. The van der Waals surface area contributed by atoms with E-state index in [2.05, 4.69) is 10.1 Å². The zero-order chi connectivity index (χ0) is 18.2. The molecule has 1 aromatic carbocycles. The van der Waals surface area contributed by atoms with Gasteiger partial charge in [0, 0.05) is 12.8 Å². The molecule has 132 valence electrons. The monoisotopic (exact) mass is 377 g/mol. The smallest absolute Gasteiger partial charge is 0.213 e. The first-order valence-electron chi connectivity index (χ1n) is 7.62. The van der Waals surface area contributed by atoms with Crippen molar-refractivity contribution < 1.29 is 13.2 Å². The van der Waals surface area contributed by atoms with Gasteiger partial charge in [-0.05, 0) is 43.9 Å². The molecule has 0 bridgehead atoms. The lowest BCUT2D eigenvalue weighted by Gasteiger charge is -2.07. The van der Waals surface area contributed by atoms with Crippen LogP contribution in [-0.4, -0.2) is 36.4 Å². The lowest BCUT2D eigenvalue weighted by Crippen LogP contribution is -2.06. The summed E-state index contributed by atoms with van der Waals surface area (Å²) in [5.41, 5.74) is 2.68. The zero-order valence-electron chi connectivity index (χ0n) is 14.5. The molecule has 0 unspecified atom stereocenters. The van der Waals surface area contributed by atoms with Gasteiger partial charge < -0.3 is 4.74 Å². The van der Waals surface area contributed by atoms with Crippen molar-refractivity contribution in [2.45, 2.75) is 35.3 Å². The molecule has 0 aliphatic rings. The topological polar surface area (TPSA) is 73.6 Å². The molecule has 6 nitrogen and oxygen atoms in total. The number of aryl methyl sites for hydroxylation is 2. The fraction of sp³-hybridized carbons (Fsp3) is 0.294. The van der Waals surface area contributed by atoms with Crippen LogP contribution in [0.3, 0.4) is 0 Å². The summed E-state index contributed by atoms with van der Waals surface area (Å²) < 4.78 is 33.3. The summed E-state index contributed by atoms with van der Waals surface area (Å²) in [6.45, 7) is 4.01. The molecule has 0 N–H and O–H groups in total. The number of methoxy groups -OCH3 is 1. The van der Waals surface area contributed by atoms with E-state index in [0.29, 0.717) is 23.0 Å². The minimum atomic E-state index is -3.74. The Bertz CT molecular complexity index is 1040. The van der Waals surface area contributed by atoms with Gasteiger partial charge in [-0.1, -0.05) is 12.1 Å². The summed E-state index contributed by atoms with van der Waals surface area (Å²) in [5.74, 6) is 0. The zero-order valence-corrected chi connectivity index (χ0v) is 16.1. The van der Waals surface area contributed by atoms with Crippen LogP contribution < -0.4 is 0 Å². The summed E-state index contributed by atoms with van der Waals surface area (Å²) in [6.07, 6.45) is 1.81. The van der Waals surface area contributed by atoms with Gasteiger partial charge in [0.05, 0.1) is 17.2 Å². The molecule has 2 aromatic heterocycles. The number of hydrogen-bond donors (Lipinski definition) is 0. The van der Waals surface area contributed by atoms with Crippen LogP contribution >= 0.6 is 11.8 Å². The molecule has 0 saturated carbocycles. The highest BCUT2D eigenvalue weighted by Crippen LogP contribution is 2.33. The van der Waals surface area contributed by atoms with Gasteiger partial charge in [-0.3, -0.25) is 0 Å². The van der Waals surface area contributed by atoms with Gasteiger partial charge in [-0.25, -0.2) is 17.9 Å². The third-order valence-electron chi connectivity index (χ3n) is 3.77. The van der Waals surface area contributed by atoms with Crippen molar-refractivity contribution in [3.8, 4) is 0 Å². The molecule has 0 atom stereocenters. The van der Waals surface area contributed by atoms with Gasteiger partial charge in [0.25, 0.3) is 0 Å². The fourth-order valence-corrected chi connectivity index (χ4v) is 5.19. The molecule has 0 amide bonds. The third kappa shape index (κ3) is 3.17. The van der Waals surface area contributed by atoms with E-state index in [1.165, 1.54) is 11.8 Å². The SMILES string of the molecule is COCc1cc(C)nc2c(S(=O)(=O)c3cccc(C)c3)c(SC)nn12. The van der Waals surface area contributed by atoms with Gasteiger partial charge in [-0.2, -0.15) is 5.10 Å². The quantitative estimate of drug-likeness (QED) is 0.636. The van der Waals surface area contributed by atoms with E-state index in [0.717, 1.165) is 11.3 Å². The molecule has 0 aliphatic heterocycles. The van der Waals surface area contributed by atoms with Crippen LogP contribution in [0.1, 0.15) is 17.0 Å². The van der Waals surface area contributed by atoms with Crippen LogP contribution in [0.2, 0.25) is 0 Å². The first kappa shape index (κ1) is 17.9. The normalized spacial score (nSPS) is 12.0. The fourth-order valence-electron chi connectivity index (χ4n) is 2.70. The van der Waals surface area contributed by atoms with E-state index in [-0.39, 0.29) is 9.79 Å². The largest absolute Gasteiger partial charge is 0.378 e. The first-order valence-corrected chi connectivity index (χ1v) is 10.3.